The fourth-order valence-corrected chi connectivity index (χ4v) is 2.08. The third-order valence-electron chi connectivity index (χ3n) is 3.06. The second-order valence-corrected chi connectivity index (χ2v) is 6.03. The highest BCUT2D eigenvalue weighted by atomic mass is 14.1. The summed E-state index contributed by atoms with van der Waals surface area (Å²) in [4.78, 5) is 0. The summed E-state index contributed by atoms with van der Waals surface area (Å²) in [6.45, 7) is 8.73. The normalized spacial score (nSPS) is 12.8. The minimum atomic E-state index is 0.207. The van der Waals surface area contributed by atoms with Crippen LogP contribution in [0.4, 0.5) is 0 Å². The second kappa shape index (κ2) is 5.44. The third-order valence-corrected chi connectivity index (χ3v) is 3.06. The summed E-state index contributed by atoms with van der Waals surface area (Å²) in [6.07, 6.45) is 8.78. The molecule has 0 nitrogen and oxygen atoms in total. The third kappa shape index (κ3) is 3.57. The molecule has 0 heteroatoms. The van der Waals surface area contributed by atoms with E-state index in [-0.39, 0.29) is 5.41 Å². The maximum Gasteiger partial charge on any atom is -0.0178 e. The van der Waals surface area contributed by atoms with Crippen molar-refractivity contribution in [2.45, 2.75) is 27.7 Å². The van der Waals surface area contributed by atoms with Gasteiger partial charge in [0.25, 0.3) is 0 Å². The quantitative estimate of drug-likeness (QED) is 0.619. The molecular weight excluding hydrogens is 228 g/mol. The number of allylic oxidation sites excluding steroid dienone is 2. The fraction of sp³-hybridized carbons (Fsp3) is 0.263. The molecule has 0 aliphatic rings. The van der Waals surface area contributed by atoms with Crippen molar-refractivity contribution >= 4 is 22.9 Å². The van der Waals surface area contributed by atoms with Crippen LogP contribution in [0.2, 0.25) is 0 Å². The highest BCUT2D eigenvalue weighted by Gasteiger charge is 2.05. The van der Waals surface area contributed by atoms with Crippen LogP contribution in [-0.2, 0) is 0 Å². The van der Waals surface area contributed by atoms with E-state index in [0.717, 1.165) is 0 Å². The zero-order chi connectivity index (χ0) is 13.9. The van der Waals surface area contributed by atoms with Gasteiger partial charge in [0.2, 0.25) is 0 Å². The molecule has 0 heterocycles. The molecule has 0 atom stereocenters. The molecule has 0 saturated carbocycles. The molecule has 2 aromatic carbocycles. The highest BCUT2D eigenvalue weighted by molar-refractivity contribution is 5.88. The minimum absolute atomic E-state index is 0.207. The van der Waals surface area contributed by atoms with Gasteiger partial charge in [-0.25, -0.2) is 0 Å². The topological polar surface area (TPSA) is 0 Å². The van der Waals surface area contributed by atoms with E-state index in [1.807, 2.05) is 0 Å². The first kappa shape index (κ1) is 13.6. The second-order valence-electron chi connectivity index (χ2n) is 6.03. The Bertz CT molecular complexity index is 622. The predicted molar refractivity (Wildman–Crippen MR) is 87.1 cm³/mol. The van der Waals surface area contributed by atoms with E-state index >= 15 is 0 Å². The van der Waals surface area contributed by atoms with Crippen LogP contribution in [0, 0.1) is 5.41 Å². The summed E-state index contributed by atoms with van der Waals surface area (Å²) >= 11 is 0. The predicted octanol–water partition coefficient (Wildman–Crippen LogP) is 5.93. The number of benzene rings is 2. The molecule has 98 valence electrons. The van der Waals surface area contributed by atoms with E-state index in [0.29, 0.717) is 0 Å². The molecule has 0 unspecified atom stereocenters. The van der Waals surface area contributed by atoms with Crippen LogP contribution in [0.3, 0.4) is 0 Å². The summed E-state index contributed by atoms with van der Waals surface area (Å²) in [6, 6.07) is 13.1. The van der Waals surface area contributed by atoms with Gasteiger partial charge in [-0.15, -0.1) is 0 Å². The number of hydrogen-bond donors (Lipinski definition) is 0. The van der Waals surface area contributed by atoms with Crippen molar-refractivity contribution in [1.29, 1.82) is 0 Å². The zero-order valence-electron chi connectivity index (χ0n) is 12.3. The molecule has 0 amide bonds. The molecular formula is C19H22. The SMILES string of the molecule is C/C=C/c1cc2ccccc2cc1/C=C\C(C)(C)C. The highest BCUT2D eigenvalue weighted by Crippen LogP contribution is 2.24. The Morgan fingerprint density at radius 3 is 1.84 bits per heavy atom. The van der Waals surface area contributed by atoms with E-state index < -0.39 is 0 Å². The smallest absolute Gasteiger partial charge is 0.0178 e. The summed E-state index contributed by atoms with van der Waals surface area (Å²) in [5.41, 5.74) is 2.77. The van der Waals surface area contributed by atoms with E-state index in [4.69, 9.17) is 0 Å². The largest absolute Gasteiger partial charge is 0.0870 e. The van der Waals surface area contributed by atoms with Crippen LogP contribution in [0.15, 0.2) is 48.6 Å². The van der Waals surface area contributed by atoms with Crippen LogP contribution in [-0.4, -0.2) is 0 Å². The molecule has 2 rings (SSSR count). The summed E-state index contributed by atoms with van der Waals surface area (Å²) in [5.74, 6) is 0. The van der Waals surface area contributed by atoms with Gasteiger partial charge in [-0.3, -0.25) is 0 Å². The lowest BCUT2D eigenvalue weighted by atomic mass is 9.93. The molecule has 0 fully saturated rings. The summed E-state index contributed by atoms with van der Waals surface area (Å²) < 4.78 is 0. The first-order valence-corrected chi connectivity index (χ1v) is 6.84. The van der Waals surface area contributed by atoms with Gasteiger partial charge in [-0.1, -0.05) is 69.3 Å². The van der Waals surface area contributed by atoms with E-state index in [1.165, 1.54) is 21.9 Å². The van der Waals surface area contributed by atoms with Gasteiger partial charge in [0.05, 0.1) is 0 Å². The standard InChI is InChI=1S/C19H22/c1-5-8-15-13-16-9-6-7-10-17(16)14-18(15)11-12-19(2,3)4/h5-14H,1-4H3/b8-5+,12-11-. The monoisotopic (exact) mass is 250 g/mol. The van der Waals surface area contributed by atoms with E-state index in [9.17, 15) is 0 Å². The Labute approximate surface area is 116 Å². The lowest BCUT2D eigenvalue weighted by Gasteiger charge is -2.12. The Balaban J connectivity index is 2.57. The lowest BCUT2D eigenvalue weighted by Crippen LogP contribution is -1.98. The van der Waals surface area contributed by atoms with Gasteiger partial charge >= 0.3 is 0 Å². The molecule has 0 aromatic heterocycles. The van der Waals surface area contributed by atoms with Gasteiger partial charge in [-0.05, 0) is 46.4 Å². The number of fused-ring (bicyclic) bond motifs is 1. The molecule has 0 spiro atoms. The molecule has 0 aliphatic carbocycles. The van der Waals surface area contributed by atoms with Crippen molar-refractivity contribution in [2.75, 3.05) is 0 Å². The van der Waals surface area contributed by atoms with Gasteiger partial charge in [0.1, 0.15) is 0 Å². The van der Waals surface area contributed by atoms with Gasteiger partial charge in [0, 0.05) is 0 Å². The van der Waals surface area contributed by atoms with Crippen molar-refractivity contribution in [2.24, 2.45) is 5.41 Å². The summed E-state index contributed by atoms with van der Waals surface area (Å²) in [7, 11) is 0. The maximum atomic E-state index is 2.27. The van der Waals surface area contributed by atoms with Crippen LogP contribution in [0.25, 0.3) is 22.9 Å². The molecule has 0 aliphatic heterocycles. The van der Waals surface area contributed by atoms with Crippen molar-refractivity contribution < 1.29 is 0 Å². The van der Waals surface area contributed by atoms with E-state index in [1.54, 1.807) is 0 Å². The number of hydrogen-bond acceptors (Lipinski definition) is 0. The van der Waals surface area contributed by atoms with Gasteiger partial charge in [0.15, 0.2) is 0 Å². The average molecular weight is 250 g/mol. The van der Waals surface area contributed by atoms with Crippen molar-refractivity contribution in [3.05, 3.63) is 59.7 Å². The van der Waals surface area contributed by atoms with Crippen molar-refractivity contribution in [3.8, 4) is 0 Å². The fourth-order valence-electron chi connectivity index (χ4n) is 2.08. The van der Waals surface area contributed by atoms with Crippen molar-refractivity contribution in [3.63, 3.8) is 0 Å². The van der Waals surface area contributed by atoms with Crippen LogP contribution in [0.1, 0.15) is 38.8 Å². The average Bonchev–Trinajstić information content (AvgIpc) is 2.35. The minimum Gasteiger partial charge on any atom is -0.0870 e. The molecule has 0 saturated heterocycles. The van der Waals surface area contributed by atoms with E-state index in [2.05, 4.69) is 88.4 Å². The Kier molecular flexibility index (Phi) is 3.90. The number of rotatable bonds is 2. The molecule has 0 N–H and O–H groups in total. The van der Waals surface area contributed by atoms with Crippen molar-refractivity contribution in [1.82, 2.24) is 0 Å². The molecule has 2 aromatic rings. The first-order chi connectivity index (χ1) is 8.99. The Morgan fingerprint density at radius 1 is 0.842 bits per heavy atom. The Hall–Kier alpha value is -1.82. The van der Waals surface area contributed by atoms with Gasteiger partial charge < -0.3 is 0 Å². The molecule has 0 radical (unpaired) electrons. The zero-order valence-corrected chi connectivity index (χ0v) is 12.3. The van der Waals surface area contributed by atoms with Crippen LogP contribution >= 0.6 is 0 Å². The first-order valence-electron chi connectivity index (χ1n) is 6.84. The lowest BCUT2D eigenvalue weighted by molar-refractivity contribution is 0.547. The summed E-state index contributed by atoms with van der Waals surface area (Å²) in [5, 5.41) is 2.59. The van der Waals surface area contributed by atoms with Crippen LogP contribution < -0.4 is 0 Å². The molecule has 0 bridgehead atoms. The molecule has 19 heavy (non-hydrogen) atoms. The van der Waals surface area contributed by atoms with Gasteiger partial charge in [-0.2, -0.15) is 0 Å². The maximum absolute atomic E-state index is 2.27. The van der Waals surface area contributed by atoms with Crippen LogP contribution in [0.5, 0.6) is 0 Å². The Morgan fingerprint density at radius 2 is 1.37 bits per heavy atom.